The highest BCUT2D eigenvalue weighted by molar-refractivity contribution is 5.72. The van der Waals surface area contributed by atoms with Crippen LogP contribution in [0.2, 0.25) is 0 Å². The molecule has 0 aliphatic rings. The van der Waals surface area contributed by atoms with Gasteiger partial charge in [0.2, 0.25) is 0 Å². The third kappa shape index (κ3) is 4.34. The van der Waals surface area contributed by atoms with Crippen molar-refractivity contribution in [2.45, 2.75) is 32.6 Å². The summed E-state index contributed by atoms with van der Waals surface area (Å²) in [7, 11) is 1.44. The van der Waals surface area contributed by atoms with Gasteiger partial charge >= 0.3 is 5.97 Å². The largest absolute Gasteiger partial charge is 0.469 e. The molecule has 0 aliphatic heterocycles. The fourth-order valence-corrected chi connectivity index (χ4v) is 1.19. The number of unbranched alkanes of at least 4 members (excludes halogenated alkanes) is 1. The topological polar surface area (TPSA) is 52.3 Å². The smallest absolute Gasteiger partial charge is 0.308 e. The van der Waals surface area contributed by atoms with Crippen molar-refractivity contribution in [3.8, 4) is 0 Å². The molecule has 0 fully saturated rings. The van der Waals surface area contributed by atoms with Crippen molar-refractivity contribution in [3.05, 3.63) is 0 Å². The van der Waals surface area contributed by atoms with Gasteiger partial charge in [-0.3, -0.25) is 4.79 Å². The molecule has 1 unspecified atom stereocenters. The van der Waals surface area contributed by atoms with E-state index in [0.717, 1.165) is 25.7 Å². The first-order chi connectivity index (χ1) is 5.76. The minimum absolute atomic E-state index is 0.0709. The van der Waals surface area contributed by atoms with Crippen molar-refractivity contribution >= 4 is 5.97 Å². The van der Waals surface area contributed by atoms with Crippen LogP contribution >= 0.6 is 0 Å². The Kier molecular flexibility index (Phi) is 6.76. The van der Waals surface area contributed by atoms with E-state index in [2.05, 4.69) is 4.74 Å². The SMILES string of the molecule is CCC(CCCCN)C(=O)OC. The van der Waals surface area contributed by atoms with Gasteiger partial charge in [-0.2, -0.15) is 0 Å². The number of methoxy groups -OCH3 is 1. The predicted octanol–water partition coefficient (Wildman–Crippen LogP) is 1.31. The Morgan fingerprint density at radius 1 is 1.50 bits per heavy atom. The molecule has 2 N–H and O–H groups in total. The molecule has 0 saturated carbocycles. The summed E-state index contributed by atoms with van der Waals surface area (Å²) >= 11 is 0. The first-order valence-corrected chi connectivity index (χ1v) is 4.54. The summed E-state index contributed by atoms with van der Waals surface area (Å²) in [5.74, 6) is -0.0175. The summed E-state index contributed by atoms with van der Waals surface area (Å²) in [6.45, 7) is 2.71. The summed E-state index contributed by atoms with van der Waals surface area (Å²) in [5.41, 5.74) is 5.35. The van der Waals surface area contributed by atoms with E-state index in [1.54, 1.807) is 0 Å². The third-order valence-corrected chi connectivity index (χ3v) is 2.03. The molecule has 12 heavy (non-hydrogen) atoms. The quantitative estimate of drug-likeness (QED) is 0.487. The van der Waals surface area contributed by atoms with E-state index in [1.165, 1.54) is 7.11 Å². The Bertz CT molecular complexity index is 126. The molecular weight excluding hydrogens is 154 g/mol. The van der Waals surface area contributed by atoms with E-state index >= 15 is 0 Å². The van der Waals surface area contributed by atoms with Crippen LogP contribution in [-0.4, -0.2) is 19.6 Å². The molecular formula is C9H19NO2. The van der Waals surface area contributed by atoms with Crippen LogP contribution in [-0.2, 0) is 9.53 Å². The van der Waals surface area contributed by atoms with Crippen LogP contribution in [0.5, 0.6) is 0 Å². The zero-order valence-electron chi connectivity index (χ0n) is 8.01. The predicted molar refractivity (Wildman–Crippen MR) is 48.7 cm³/mol. The zero-order chi connectivity index (χ0) is 9.40. The van der Waals surface area contributed by atoms with Crippen molar-refractivity contribution in [2.75, 3.05) is 13.7 Å². The molecule has 0 amide bonds. The van der Waals surface area contributed by atoms with Crippen LogP contribution in [0, 0.1) is 5.92 Å². The Morgan fingerprint density at radius 2 is 2.17 bits per heavy atom. The molecule has 0 aromatic carbocycles. The van der Waals surface area contributed by atoms with Gasteiger partial charge in [0, 0.05) is 0 Å². The van der Waals surface area contributed by atoms with E-state index < -0.39 is 0 Å². The number of hydrogen-bond acceptors (Lipinski definition) is 3. The first-order valence-electron chi connectivity index (χ1n) is 4.54. The number of ether oxygens (including phenoxy) is 1. The maximum atomic E-state index is 11.1. The molecule has 0 aromatic rings. The van der Waals surface area contributed by atoms with Crippen LogP contribution < -0.4 is 5.73 Å². The van der Waals surface area contributed by atoms with Crippen molar-refractivity contribution in [1.82, 2.24) is 0 Å². The van der Waals surface area contributed by atoms with Crippen LogP contribution in [0.15, 0.2) is 0 Å². The fraction of sp³-hybridized carbons (Fsp3) is 0.889. The van der Waals surface area contributed by atoms with Gasteiger partial charge in [-0.05, 0) is 25.8 Å². The molecule has 0 aromatic heterocycles. The summed E-state index contributed by atoms with van der Waals surface area (Å²) in [6, 6.07) is 0. The molecule has 0 saturated heterocycles. The van der Waals surface area contributed by atoms with Crippen LogP contribution in [0.4, 0.5) is 0 Å². The van der Waals surface area contributed by atoms with Gasteiger partial charge in [0.05, 0.1) is 13.0 Å². The van der Waals surface area contributed by atoms with Gasteiger partial charge < -0.3 is 10.5 Å². The molecule has 0 rings (SSSR count). The highest BCUT2D eigenvalue weighted by Crippen LogP contribution is 2.13. The molecule has 3 heteroatoms. The second-order valence-electron chi connectivity index (χ2n) is 2.91. The average Bonchev–Trinajstić information content (AvgIpc) is 2.11. The lowest BCUT2D eigenvalue weighted by Gasteiger charge is -2.10. The Labute approximate surface area is 74.3 Å². The average molecular weight is 173 g/mol. The molecule has 3 nitrogen and oxygen atoms in total. The highest BCUT2D eigenvalue weighted by atomic mass is 16.5. The summed E-state index contributed by atoms with van der Waals surface area (Å²) in [4.78, 5) is 11.1. The minimum Gasteiger partial charge on any atom is -0.469 e. The van der Waals surface area contributed by atoms with E-state index in [9.17, 15) is 4.79 Å². The van der Waals surface area contributed by atoms with Crippen molar-refractivity contribution < 1.29 is 9.53 Å². The number of nitrogens with two attached hydrogens (primary N) is 1. The molecule has 0 heterocycles. The Balaban J connectivity index is 3.60. The summed E-state index contributed by atoms with van der Waals surface area (Å²) < 4.78 is 4.66. The standard InChI is InChI=1S/C9H19NO2/c1-3-8(9(11)12-2)6-4-5-7-10/h8H,3-7,10H2,1-2H3. The van der Waals surface area contributed by atoms with E-state index in [0.29, 0.717) is 6.54 Å². The van der Waals surface area contributed by atoms with E-state index in [-0.39, 0.29) is 11.9 Å². The van der Waals surface area contributed by atoms with Gasteiger partial charge in [-0.15, -0.1) is 0 Å². The Morgan fingerprint density at radius 3 is 2.58 bits per heavy atom. The number of carbonyl (C=O) groups is 1. The van der Waals surface area contributed by atoms with E-state index in [1.807, 2.05) is 6.92 Å². The molecule has 0 bridgehead atoms. The molecule has 1 atom stereocenters. The molecule has 0 aliphatic carbocycles. The first kappa shape index (κ1) is 11.4. The molecule has 72 valence electrons. The van der Waals surface area contributed by atoms with Gasteiger partial charge in [-0.1, -0.05) is 13.3 Å². The monoisotopic (exact) mass is 173 g/mol. The molecule has 0 radical (unpaired) electrons. The fourth-order valence-electron chi connectivity index (χ4n) is 1.19. The van der Waals surface area contributed by atoms with Crippen molar-refractivity contribution in [3.63, 3.8) is 0 Å². The lowest BCUT2D eigenvalue weighted by Crippen LogP contribution is -2.15. The van der Waals surface area contributed by atoms with Gasteiger partial charge in [-0.25, -0.2) is 0 Å². The maximum Gasteiger partial charge on any atom is 0.308 e. The van der Waals surface area contributed by atoms with Gasteiger partial charge in [0.1, 0.15) is 0 Å². The number of hydrogen-bond donors (Lipinski definition) is 1. The van der Waals surface area contributed by atoms with Crippen molar-refractivity contribution in [1.29, 1.82) is 0 Å². The normalized spacial score (nSPS) is 12.6. The van der Waals surface area contributed by atoms with Gasteiger partial charge in [0.25, 0.3) is 0 Å². The van der Waals surface area contributed by atoms with E-state index in [4.69, 9.17) is 5.73 Å². The maximum absolute atomic E-state index is 11.1. The van der Waals surface area contributed by atoms with Crippen LogP contribution in [0.3, 0.4) is 0 Å². The number of rotatable bonds is 6. The second kappa shape index (κ2) is 7.10. The van der Waals surface area contributed by atoms with Crippen LogP contribution in [0.25, 0.3) is 0 Å². The number of carbonyl (C=O) groups excluding carboxylic acids is 1. The number of esters is 1. The van der Waals surface area contributed by atoms with Crippen LogP contribution in [0.1, 0.15) is 32.6 Å². The lowest BCUT2D eigenvalue weighted by molar-refractivity contribution is -0.145. The Hall–Kier alpha value is -0.570. The van der Waals surface area contributed by atoms with Crippen molar-refractivity contribution in [2.24, 2.45) is 11.7 Å². The minimum atomic E-state index is -0.0884. The molecule has 0 spiro atoms. The highest BCUT2D eigenvalue weighted by Gasteiger charge is 2.15. The lowest BCUT2D eigenvalue weighted by atomic mass is 9.99. The zero-order valence-corrected chi connectivity index (χ0v) is 8.01. The second-order valence-corrected chi connectivity index (χ2v) is 2.91. The third-order valence-electron chi connectivity index (χ3n) is 2.03. The summed E-state index contributed by atoms with van der Waals surface area (Å²) in [6.07, 6.45) is 3.77. The van der Waals surface area contributed by atoms with Gasteiger partial charge in [0.15, 0.2) is 0 Å². The summed E-state index contributed by atoms with van der Waals surface area (Å²) in [5, 5.41) is 0.